The van der Waals surface area contributed by atoms with Crippen LogP contribution in [0.4, 0.5) is 0 Å². The highest BCUT2D eigenvalue weighted by molar-refractivity contribution is 14.0. The van der Waals surface area contributed by atoms with Crippen molar-refractivity contribution in [1.82, 2.24) is 20.4 Å². The van der Waals surface area contributed by atoms with Crippen molar-refractivity contribution >= 4 is 35.8 Å². The predicted octanol–water partition coefficient (Wildman–Crippen LogP) is 2.06. The number of carbonyl (C=O) groups is 1. The fourth-order valence-corrected chi connectivity index (χ4v) is 3.70. The van der Waals surface area contributed by atoms with Crippen molar-refractivity contribution in [2.75, 3.05) is 59.0 Å². The molecule has 1 aliphatic carbocycles. The number of halogens is 1. The highest BCUT2D eigenvalue weighted by Gasteiger charge is 2.18. The molecule has 1 saturated carbocycles. The van der Waals surface area contributed by atoms with Crippen molar-refractivity contribution in [3.8, 4) is 0 Å². The Hall–Kier alpha value is -0.610. The molecule has 0 aromatic rings. The van der Waals surface area contributed by atoms with Gasteiger partial charge in [0, 0.05) is 65.9 Å². The van der Waals surface area contributed by atoms with E-state index in [9.17, 15) is 4.79 Å². The van der Waals surface area contributed by atoms with Gasteiger partial charge in [0.1, 0.15) is 0 Å². The lowest BCUT2D eigenvalue weighted by molar-refractivity contribution is -0.130. The predicted molar refractivity (Wildman–Crippen MR) is 126 cm³/mol. The number of nitrogens with one attached hydrogen (secondary N) is 2. The summed E-state index contributed by atoms with van der Waals surface area (Å²) >= 11 is 0. The van der Waals surface area contributed by atoms with Gasteiger partial charge in [-0.25, -0.2) is 0 Å². The number of aliphatic imine (C=N–C) groups is 1. The Morgan fingerprint density at radius 2 is 1.82 bits per heavy atom. The minimum absolute atomic E-state index is 0. The molecule has 7 nitrogen and oxygen atoms in total. The summed E-state index contributed by atoms with van der Waals surface area (Å²) in [4.78, 5) is 20.4. The largest absolute Gasteiger partial charge is 0.378 e. The first kappa shape index (κ1) is 25.4. The second-order valence-electron chi connectivity index (χ2n) is 7.52. The van der Waals surface area contributed by atoms with Gasteiger partial charge >= 0.3 is 0 Å². The molecule has 1 aliphatic heterocycles. The first-order chi connectivity index (χ1) is 13.2. The van der Waals surface area contributed by atoms with Gasteiger partial charge in [0.15, 0.2) is 5.96 Å². The molecular weight excluding hydrogens is 469 g/mol. The van der Waals surface area contributed by atoms with Crippen LogP contribution in [-0.2, 0) is 9.53 Å². The minimum atomic E-state index is 0. The summed E-state index contributed by atoms with van der Waals surface area (Å²) in [6.07, 6.45) is 7.93. The third-order valence-electron chi connectivity index (χ3n) is 5.36. The summed E-state index contributed by atoms with van der Waals surface area (Å²) in [5, 5.41) is 6.73. The number of amides is 1. The number of rotatable bonds is 9. The van der Waals surface area contributed by atoms with Crippen LogP contribution < -0.4 is 10.6 Å². The van der Waals surface area contributed by atoms with Crippen molar-refractivity contribution in [2.45, 2.75) is 58.5 Å². The molecule has 2 N–H and O–H groups in total. The zero-order valence-electron chi connectivity index (χ0n) is 17.8. The summed E-state index contributed by atoms with van der Waals surface area (Å²) in [7, 11) is 0. The molecule has 0 spiro atoms. The SMILES string of the molecule is CCNC(=NCCCOC1CCCCC1)NCCN1CCN(C(C)=O)CC1.I. The third-order valence-corrected chi connectivity index (χ3v) is 5.36. The quantitative estimate of drug-likeness (QED) is 0.216. The minimum Gasteiger partial charge on any atom is -0.378 e. The molecule has 0 atom stereocenters. The van der Waals surface area contributed by atoms with E-state index in [0.29, 0.717) is 6.10 Å². The van der Waals surface area contributed by atoms with Gasteiger partial charge in [0.05, 0.1) is 6.10 Å². The standard InChI is InChI=1S/C20H39N5O2.HI/c1-3-21-20(22-10-7-17-27-19-8-5-4-6-9-19)23-11-12-24-13-15-25(16-14-24)18(2)26;/h19H,3-17H2,1-2H3,(H2,21,22,23);1H. The summed E-state index contributed by atoms with van der Waals surface area (Å²) in [5.41, 5.74) is 0. The normalized spacial score (nSPS) is 19.2. The lowest BCUT2D eigenvalue weighted by Crippen LogP contribution is -2.50. The lowest BCUT2D eigenvalue weighted by Gasteiger charge is -2.34. The molecule has 28 heavy (non-hydrogen) atoms. The monoisotopic (exact) mass is 509 g/mol. The number of carbonyl (C=O) groups excluding carboxylic acids is 1. The maximum Gasteiger partial charge on any atom is 0.219 e. The Balaban J connectivity index is 0.00000392. The van der Waals surface area contributed by atoms with Crippen molar-refractivity contribution < 1.29 is 9.53 Å². The Bertz CT molecular complexity index is 450. The summed E-state index contributed by atoms with van der Waals surface area (Å²) in [5.74, 6) is 1.07. The molecule has 1 heterocycles. The first-order valence-electron chi connectivity index (χ1n) is 10.8. The Morgan fingerprint density at radius 3 is 2.46 bits per heavy atom. The van der Waals surface area contributed by atoms with Gasteiger partial charge in [0.2, 0.25) is 5.91 Å². The van der Waals surface area contributed by atoms with Crippen LogP contribution in [0.1, 0.15) is 52.4 Å². The molecule has 0 bridgehead atoms. The summed E-state index contributed by atoms with van der Waals surface area (Å²) < 4.78 is 5.97. The van der Waals surface area contributed by atoms with E-state index in [1.807, 2.05) is 4.90 Å². The van der Waals surface area contributed by atoms with Gasteiger partial charge in [-0.15, -0.1) is 24.0 Å². The van der Waals surface area contributed by atoms with Gasteiger partial charge in [0.25, 0.3) is 0 Å². The highest BCUT2D eigenvalue weighted by Crippen LogP contribution is 2.20. The van der Waals surface area contributed by atoms with Gasteiger partial charge < -0.3 is 20.3 Å². The topological polar surface area (TPSA) is 69.2 Å². The second-order valence-corrected chi connectivity index (χ2v) is 7.52. The van der Waals surface area contributed by atoms with Gasteiger partial charge in [-0.1, -0.05) is 19.3 Å². The van der Waals surface area contributed by atoms with Crippen molar-refractivity contribution in [2.24, 2.45) is 4.99 Å². The number of guanidine groups is 1. The molecule has 0 radical (unpaired) electrons. The van der Waals surface area contributed by atoms with E-state index in [-0.39, 0.29) is 29.9 Å². The van der Waals surface area contributed by atoms with E-state index in [2.05, 4.69) is 27.4 Å². The van der Waals surface area contributed by atoms with Gasteiger partial charge in [-0.3, -0.25) is 14.7 Å². The molecule has 2 fully saturated rings. The first-order valence-corrected chi connectivity index (χ1v) is 10.8. The molecule has 1 saturated heterocycles. The second kappa shape index (κ2) is 15.3. The van der Waals surface area contributed by atoms with Crippen molar-refractivity contribution in [3.63, 3.8) is 0 Å². The zero-order chi connectivity index (χ0) is 19.3. The number of piperazine rings is 1. The molecule has 0 aromatic carbocycles. The van der Waals surface area contributed by atoms with Crippen molar-refractivity contribution in [1.29, 1.82) is 0 Å². The van der Waals surface area contributed by atoms with E-state index in [0.717, 1.165) is 71.3 Å². The fourth-order valence-electron chi connectivity index (χ4n) is 3.70. The van der Waals surface area contributed by atoms with Crippen LogP contribution in [0.15, 0.2) is 4.99 Å². The van der Waals surface area contributed by atoms with Crippen LogP contribution >= 0.6 is 24.0 Å². The van der Waals surface area contributed by atoms with E-state index in [1.165, 1.54) is 32.1 Å². The zero-order valence-corrected chi connectivity index (χ0v) is 20.1. The highest BCUT2D eigenvalue weighted by atomic mass is 127. The Kier molecular flexibility index (Phi) is 13.9. The van der Waals surface area contributed by atoms with Crippen molar-refractivity contribution in [3.05, 3.63) is 0 Å². The molecular formula is C20H40IN5O2. The molecule has 8 heteroatoms. The van der Waals surface area contributed by atoms with Crippen LogP contribution in [-0.4, -0.2) is 86.7 Å². The van der Waals surface area contributed by atoms with E-state index in [4.69, 9.17) is 4.74 Å². The maximum absolute atomic E-state index is 11.4. The van der Waals surface area contributed by atoms with Crippen LogP contribution in [0.2, 0.25) is 0 Å². The number of hydrogen-bond donors (Lipinski definition) is 2. The third kappa shape index (κ3) is 10.2. The van der Waals surface area contributed by atoms with Crippen LogP contribution in [0.25, 0.3) is 0 Å². The number of ether oxygens (including phenoxy) is 1. The fraction of sp³-hybridized carbons (Fsp3) is 0.900. The van der Waals surface area contributed by atoms with E-state index in [1.54, 1.807) is 6.92 Å². The van der Waals surface area contributed by atoms with Gasteiger partial charge in [-0.05, 0) is 26.2 Å². The summed E-state index contributed by atoms with van der Waals surface area (Å²) in [6, 6.07) is 0. The van der Waals surface area contributed by atoms with Gasteiger partial charge in [-0.2, -0.15) is 0 Å². The molecule has 1 amide bonds. The molecule has 2 rings (SSSR count). The smallest absolute Gasteiger partial charge is 0.219 e. The average molecular weight is 509 g/mol. The molecule has 0 unspecified atom stereocenters. The molecule has 0 aromatic heterocycles. The molecule has 2 aliphatic rings. The van der Waals surface area contributed by atoms with E-state index < -0.39 is 0 Å². The van der Waals surface area contributed by atoms with E-state index >= 15 is 0 Å². The van der Waals surface area contributed by atoms with Crippen LogP contribution in [0.5, 0.6) is 0 Å². The summed E-state index contributed by atoms with van der Waals surface area (Å²) in [6.45, 7) is 11.6. The number of nitrogens with zero attached hydrogens (tertiary/aromatic N) is 3. The Morgan fingerprint density at radius 1 is 1.11 bits per heavy atom. The van der Waals surface area contributed by atoms with Crippen LogP contribution in [0, 0.1) is 0 Å². The number of hydrogen-bond acceptors (Lipinski definition) is 4. The Labute approximate surface area is 188 Å². The molecule has 164 valence electrons. The lowest BCUT2D eigenvalue weighted by atomic mass is 9.98. The average Bonchev–Trinajstić information content (AvgIpc) is 2.69. The van der Waals surface area contributed by atoms with Crippen LogP contribution in [0.3, 0.4) is 0 Å². The maximum atomic E-state index is 11.4.